The molecule has 0 bridgehead atoms. The van der Waals surface area contributed by atoms with Gasteiger partial charge in [0, 0.05) is 57.8 Å². The molecule has 1 heterocycles. The molecule has 1 aromatic rings. The van der Waals surface area contributed by atoms with Gasteiger partial charge in [0.1, 0.15) is 11.6 Å². The van der Waals surface area contributed by atoms with E-state index in [2.05, 4.69) is 15.5 Å². The highest BCUT2D eigenvalue weighted by Gasteiger charge is 2.12. The Hall–Kier alpha value is -2.56. The van der Waals surface area contributed by atoms with Gasteiger partial charge in [0.05, 0.1) is 13.2 Å². The van der Waals surface area contributed by atoms with Gasteiger partial charge in [-0.2, -0.15) is 5.26 Å². The summed E-state index contributed by atoms with van der Waals surface area (Å²) in [4.78, 5) is 16.3. The lowest BCUT2D eigenvalue weighted by Crippen LogP contribution is -2.41. The second kappa shape index (κ2) is 9.67. The molecule has 0 radical (unpaired) electrons. The molecule has 1 aromatic carbocycles. The molecule has 0 atom stereocenters. The van der Waals surface area contributed by atoms with Crippen molar-refractivity contribution in [1.29, 1.82) is 5.26 Å². The van der Waals surface area contributed by atoms with Crippen molar-refractivity contribution in [2.24, 2.45) is 0 Å². The zero-order valence-electron chi connectivity index (χ0n) is 14.8. The van der Waals surface area contributed by atoms with Crippen LogP contribution in [0.5, 0.6) is 0 Å². The number of anilines is 2. The Bertz CT molecular complexity index is 628. The van der Waals surface area contributed by atoms with Crippen LogP contribution in [0.1, 0.15) is 0 Å². The minimum Gasteiger partial charge on any atom is -0.379 e. The molecule has 7 heteroatoms. The second-order valence-electron chi connectivity index (χ2n) is 5.97. The summed E-state index contributed by atoms with van der Waals surface area (Å²) in [5.41, 5.74) is 1.95. The number of carbonyl (C=O) groups excluding carboxylic acids is 1. The van der Waals surface area contributed by atoms with Crippen LogP contribution in [-0.4, -0.2) is 64.3 Å². The topological polar surface area (TPSA) is 80.6 Å². The van der Waals surface area contributed by atoms with Crippen molar-refractivity contribution in [3.8, 4) is 6.07 Å². The van der Waals surface area contributed by atoms with E-state index in [-0.39, 0.29) is 11.5 Å². The monoisotopic (exact) mass is 343 g/mol. The summed E-state index contributed by atoms with van der Waals surface area (Å²) in [5, 5.41) is 15.0. The number of benzene rings is 1. The second-order valence-corrected chi connectivity index (χ2v) is 5.97. The molecule has 1 saturated heterocycles. The minimum absolute atomic E-state index is 0.0543. The van der Waals surface area contributed by atoms with Crippen molar-refractivity contribution in [2.75, 3.05) is 63.7 Å². The lowest BCUT2D eigenvalue weighted by atomic mass is 10.2. The number of hydrogen-bond acceptors (Lipinski definition) is 6. The summed E-state index contributed by atoms with van der Waals surface area (Å²) < 4.78 is 5.29. The molecule has 134 valence electrons. The molecule has 7 nitrogen and oxygen atoms in total. The van der Waals surface area contributed by atoms with E-state index in [0.29, 0.717) is 6.54 Å². The van der Waals surface area contributed by atoms with Gasteiger partial charge >= 0.3 is 0 Å². The molecular formula is C18H25N5O2. The van der Waals surface area contributed by atoms with Crippen molar-refractivity contribution < 1.29 is 9.53 Å². The predicted molar refractivity (Wildman–Crippen MR) is 98.4 cm³/mol. The van der Waals surface area contributed by atoms with E-state index in [9.17, 15) is 10.1 Å². The standard InChI is InChI=1S/C18H25N5O2/c1-22(2)17-5-3-16(4-6-17)21-14-15(13-19)18(24)20-7-8-23-9-11-25-12-10-23/h3-6,14,21H,7-12H2,1-2H3,(H,20,24)/b15-14-. The predicted octanol–water partition coefficient (Wildman–Crippen LogP) is 1.02. The van der Waals surface area contributed by atoms with E-state index in [1.54, 1.807) is 0 Å². The number of nitrogens with one attached hydrogen (secondary N) is 2. The number of nitriles is 1. The van der Waals surface area contributed by atoms with Crippen LogP contribution in [0.3, 0.4) is 0 Å². The number of amides is 1. The van der Waals surface area contributed by atoms with E-state index >= 15 is 0 Å². The lowest BCUT2D eigenvalue weighted by molar-refractivity contribution is -0.117. The lowest BCUT2D eigenvalue weighted by Gasteiger charge is -2.26. The van der Waals surface area contributed by atoms with Crippen LogP contribution < -0.4 is 15.5 Å². The Morgan fingerprint density at radius 2 is 2.00 bits per heavy atom. The first-order chi connectivity index (χ1) is 12.1. The Balaban J connectivity index is 1.81. The average molecular weight is 343 g/mol. The fourth-order valence-electron chi connectivity index (χ4n) is 2.41. The summed E-state index contributed by atoms with van der Waals surface area (Å²) in [6.45, 7) is 4.48. The number of ether oxygens (including phenoxy) is 1. The summed E-state index contributed by atoms with van der Waals surface area (Å²) in [7, 11) is 3.94. The van der Waals surface area contributed by atoms with Gasteiger partial charge < -0.3 is 20.3 Å². The highest BCUT2D eigenvalue weighted by atomic mass is 16.5. The minimum atomic E-state index is -0.367. The average Bonchev–Trinajstić information content (AvgIpc) is 2.63. The molecular weight excluding hydrogens is 318 g/mol. The van der Waals surface area contributed by atoms with Crippen molar-refractivity contribution in [3.05, 3.63) is 36.0 Å². The highest BCUT2D eigenvalue weighted by molar-refractivity contribution is 5.97. The fourth-order valence-corrected chi connectivity index (χ4v) is 2.41. The molecule has 1 fully saturated rings. The Morgan fingerprint density at radius 3 is 2.60 bits per heavy atom. The number of morpholine rings is 1. The van der Waals surface area contributed by atoms with Gasteiger partial charge in [-0.15, -0.1) is 0 Å². The van der Waals surface area contributed by atoms with Gasteiger partial charge in [-0.1, -0.05) is 0 Å². The Kier molecular flexibility index (Phi) is 7.26. The zero-order valence-corrected chi connectivity index (χ0v) is 14.8. The largest absolute Gasteiger partial charge is 0.379 e. The van der Waals surface area contributed by atoms with E-state index in [4.69, 9.17) is 4.74 Å². The number of hydrogen-bond donors (Lipinski definition) is 2. The Labute approximate surface area is 148 Å². The molecule has 0 unspecified atom stereocenters. The number of nitrogens with zero attached hydrogens (tertiary/aromatic N) is 3. The Morgan fingerprint density at radius 1 is 1.32 bits per heavy atom. The van der Waals surface area contributed by atoms with Gasteiger partial charge in [0.15, 0.2) is 0 Å². The van der Waals surface area contributed by atoms with E-state index in [1.807, 2.05) is 49.3 Å². The van der Waals surface area contributed by atoms with E-state index in [0.717, 1.165) is 44.2 Å². The number of rotatable bonds is 7. The fraction of sp³-hybridized carbons (Fsp3) is 0.444. The van der Waals surface area contributed by atoms with Gasteiger partial charge in [-0.3, -0.25) is 9.69 Å². The van der Waals surface area contributed by atoms with Crippen LogP contribution in [0.4, 0.5) is 11.4 Å². The molecule has 2 rings (SSSR count). The zero-order chi connectivity index (χ0) is 18.1. The van der Waals surface area contributed by atoms with E-state index < -0.39 is 0 Å². The van der Waals surface area contributed by atoms with Crippen molar-refractivity contribution in [2.45, 2.75) is 0 Å². The van der Waals surface area contributed by atoms with Crippen LogP contribution in [0.15, 0.2) is 36.0 Å². The molecule has 0 aromatic heterocycles. The van der Waals surface area contributed by atoms with Crippen LogP contribution >= 0.6 is 0 Å². The summed E-state index contributed by atoms with van der Waals surface area (Å²) in [5.74, 6) is -0.367. The smallest absolute Gasteiger partial charge is 0.263 e. The van der Waals surface area contributed by atoms with Gasteiger partial charge in [-0.05, 0) is 24.3 Å². The van der Waals surface area contributed by atoms with Crippen molar-refractivity contribution >= 4 is 17.3 Å². The SMILES string of the molecule is CN(C)c1ccc(N/C=C(/C#N)C(=O)NCCN2CCOCC2)cc1. The molecule has 0 saturated carbocycles. The number of carbonyl (C=O) groups is 1. The first-order valence-corrected chi connectivity index (χ1v) is 8.32. The first-order valence-electron chi connectivity index (χ1n) is 8.32. The third kappa shape index (κ3) is 6.10. The third-order valence-electron chi connectivity index (χ3n) is 3.95. The van der Waals surface area contributed by atoms with Crippen molar-refractivity contribution in [3.63, 3.8) is 0 Å². The highest BCUT2D eigenvalue weighted by Crippen LogP contribution is 2.15. The summed E-state index contributed by atoms with van der Waals surface area (Å²) in [6, 6.07) is 9.66. The molecule has 25 heavy (non-hydrogen) atoms. The van der Waals surface area contributed by atoms with Gasteiger partial charge in [0.25, 0.3) is 5.91 Å². The molecule has 1 aliphatic heterocycles. The third-order valence-corrected chi connectivity index (χ3v) is 3.95. The normalized spacial score (nSPS) is 15.3. The van der Waals surface area contributed by atoms with Gasteiger partial charge in [0.2, 0.25) is 0 Å². The van der Waals surface area contributed by atoms with E-state index in [1.165, 1.54) is 6.20 Å². The molecule has 1 aliphatic rings. The van der Waals surface area contributed by atoms with Crippen molar-refractivity contribution in [1.82, 2.24) is 10.2 Å². The van der Waals surface area contributed by atoms with Crippen LogP contribution in [0.25, 0.3) is 0 Å². The molecule has 0 aliphatic carbocycles. The molecule has 0 spiro atoms. The quantitative estimate of drug-likeness (QED) is 0.568. The maximum absolute atomic E-state index is 12.1. The first kappa shape index (κ1) is 18.8. The van der Waals surface area contributed by atoms with Gasteiger partial charge in [-0.25, -0.2) is 0 Å². The van der Waals surface area contributed by atoms with Crippen LogP contribution in [0.2, 0.25) is 0 Å². The maximum atomic E-state index is 12.1. The molecule has 2 N–H and O–H groups in total. The summed E-state index contributed by atoms with van der Waals surface area (Å²) >= 11 is 0. The molecule has 1 amide bonds. The summed E-state index contributed by atoms with van der Waals surface area (Å²) in [6.07, 6.45) is 1.44. The maximum Gasteiger partial charge on any atom is 0.263 e. The van der Waals surface area contributed by atoms with Crippen LogP contribution in [0, 0.1) is 11.3 Å². The van der Waals surface area contributed by atoms with Crippen LogP contribution in [-0.2, 0) is 9.53 Å².